The van der Waals surface area contributed by atoms with Gasteiger partial charge in [0.25, 0.3) is 0 Å². The van der Waals surface area contributed by atoms with Gasteiger partial charge in [-0.05, 0) is 31.8 Å². The summed E-state index contributed by atoms with van der Waals surface area (Å²) in [5, 5.41) is 0. The van der Waals surface area contributed by atoms with Gasteiger partial charge in [0, 0.05) is 5.92 Å². The first-order valence-electron chi connectivity index (χ1n) is 5.42. The van der Waals surface area contributed by atoms with Gasteiger partial charge in [-0.2, -0.15) is 0 Å². The topological polar surface area (TPSA) is 34.1 Å². The number of rotatable bonds is 0. The summed E-state index contributed by atoms with van der Waals surface area (Å²) in [7, 11) is 0. The third-order valence-electron chi connectivity index (χ3n) is 3.50. The minimum atomic E-state index is 0.00176. The van der Waals surface area contributed by atoms with E-state index >= 15 is 0 Å². The lowest BCUT2D eigenvalue weighted by Crippen LogP contribution is -2.26. The molecule has 2 aliphatic carbocycles. The smallest absolute Gasteiger partial charge is 0.163 e. The van der Waals surface area contributed by atoms with E-state index in [2.05, 4.69) is 0 Å². The molecule has 2 aliphatic rings. The Morgan fingerprint density at radius 2 is 1.79 bits per heavy atom. The van der Waals surface area contributed by atoms with Gasteiger partial charge in [0.1, 0.15) is 5.78 Å². The lowest BCUT2D eigenvalue weighted by atomic mass is 9.74. The number of hydrogen-bond donors (Lipinski definition) is 0. The Balaban J connectivity index is 2.29. The van der Waals surface area contributed by atoms with Crippen LogP contribution in [0.5, 0.6) is 0 Å². The predicted octanol–water partition coefficient (Wildman–Crippen LogP) is 2.28. The number of Topliss-reactive ketones (excluding diaryl/α,β-unsaturated/α-hetero) is 1. The van der Waals surface area contributed by atoms with Crippen molar-refractivity contribution in [3.8, 4) is 0 Å². The summed E-state index contributed by atoms with van der Waals surface area (Å²) in [6.45, 7) is 2.00. The molecule has 2 heteroatoms. The minimum absolute atomic E-state index is 0.00176. The van der Waals surface area contributed by atoms with Crippen molar-refractivity contribution in [3.63, 3.8) is 0 Å². The number of hydrogen-bond acceptors (Lipinski definition) is 2. The fraction of sp³-hybridized carbons (Fsp3) is 0.667. The molecule has 1 saturated carbocycles. The summed E-state index contributed by atoms with van der Waals surface area (Å²) in [5.74, 6) is 0.684. The molecule has 0 N–H and O–H groups in total. The average molecular weight is 192 g/mol. The molecule has 0 heterocycles. The van der Waals surface area contributed by atoms with E-state index in [0.29, 0.717) is 5.92 Å². The Labute approximate surface area is 84.4 Å². The van der Waals surface area contributed by atoms with Gasteiger partial charge in [0.05, 0.1) is 6.42 Å². The van der Waals surface area contributed by atoms with Crippen LogP contribution in [0, 0.1) is 11.8 Å². The highest BCUT2D eigenvalue weighted by Gasteiger charge is 2.34. The van der Waals surface area contributed by atoms with Crippen molar-refractivity contribution in [2.24, 2.45) is 11.8 Å². The third kappa shape index (κ3) is 1.66. The van der Waals surface area contributed by atoms with Crippen molar-refractivity contribution in [3.05, 3.63) is 11.6 Å². The summed E-state index contributed by atoms with van der Waals surface area (Å²) in [6, 6.07) is 0. The number of ketones is 2. The standard InChI is InChI=1S/C12H16O2/c1-8-6-9(13)7-12(14)11-5-3-2-4-10(8)11/h6,10-11H,2-5,7H2,1H3/t10?,11-/m1/s1. The molecule has 2 nitrogen and oxygen atoms in total. The van der Waals surface area contributed by atoms with Crippen molar-refractivity contribution in [2.45, 2.75) is 39.0 Å². The van der Waals surface area contributed by atoms with Gasteiger partial charge < -0.3 is 0 Å². The number of carbonyl (C=O) groups is 2. The highest BCUT2D eigenvalue weighted by Crippen LogP contribution is 2.37. The first kappa shape index (κ1) is 9.63. The Morgan fingerprint density at radius 3 is 2.50 bits per heavy atom. The summed E-state index contributed by atoms with van der Waals surface area (Å²) < 4.78 is 0. The number of fused-ring (bicyclic) bond motifs is 1. The molecule has 0 radical (unpaired) electrons. The normalized spacial score (nSPS) is 33.4. The molecule has 1 unspecified atom stereocenters. The molecule has 0 aromatic carbocycles. The van der Waals surface area contributed by atoms with Crippen LogP contribution in [0.2, 0.25) is 0 Å². The molecular weight excluding hydrogens is 176 g/mol. The van der Waals surface area contributed by atoms with Gasteiger partial charge in [-0.3, -0.25) is 9.59 Å². The number of allylic oxidation sites excluding steroid dienone is 2. The van der Waals surface area contributed by atoms with Gasteiger partial charge in [-0.25, -0.2) is 0 Å². The zero-order valence-electron chi connectivity index (χ0n) is 8.58. The maximum atomic E-state index is 11.8. The molecule has 76 valence electrons. The quantitative estimate of drug-likeness (QED) is 0.552. The van der Waals surface area contributed by atoms with Crippen molar-refractivity contribution in [1.82, 2.24) is 0 Å². The highest BCUT2D eigenvalue weighted by atomic mass is 16.1. The van der Waals surface area contributed by atoms with E-state index in [1.807, 2.05) is 6.92 Å². The van der Waals surface area contributed by atoms with Crippen molar-refractivity contribution < 1.29 is 9.59 Å². The van der Waals surface area contributed by atoms with Gasteiger partial charge in [0.15, 0.2) is 5.78 Å². The van der Waals surface area contributed by atoms with E-state index in [-0.39, 0.29) is 23.9 Å². The molecule has 14 heavy (non-hydrogen) atoms. The maximum Gasteiger partial charge on any atom is 0.163 e. The minimum Gasteiger partial charge on any atom is -0.299 e. The van der Waals surface area contributed by atoms with E-state index in [1.165, 1.54) is 6.42 Å². The Morgan fingerprint density at radius 1 is 1.14 bits per heavy atom. The second-order valence-electron chi connectivity index (χ2n) is 4.50. The molecular formula is C12H16O2. The zero-order chi connectivity index (χ0) is 10.1. The Kier molecular flexibility index (Phi) is 2.53. The Bertz CT molecular complexity index is 301. The van der Waals surface area contributed by atoms with Gasteiger partial charge in [-0.1, -0.05) is 18.4 Å². The van der Waals surface area contributed by atoms with Gasteiger partial charge >= 0.3 is 0 Å². The first-order chi connectivity index (χ1) is 6.68. The molecule has 0 bridgehead atoms. The molecule has 0 saturated heterocycles. The van der Waals surface area contributed by atoms with Crippen molar-refractivity contribution in [1.29, 1.82) is 0 Å². The molecule has 0 spiro atoms. The second kappa shape index (κ2) is 3.68. The fourth-order valence-electron chi connectivity index (χ4n) is 2.78. The first-order valence-corrected chi connectivity index (χ1v) is 5.42. The lowest BCUT2D eigenvalue weighted by molar-refractivity contribution is -0.128. The van der Waals surface area contributed by atoms with Crippen LogP contribution in [0.1, 0.15) is 39.0 Å². The summed E-state index contributed by atoms with van der Waals surface area (Å²) in [5.41, 5.74) is 1.13. The van der Waals surface area contributed by atoms with E-state index in [1.54, 1.807) is 6.08 Å². The molecule has 1 fully saturated rings. The van der Waals surface area contributed by atoms with E-state index in [0.717, 1.165) is 24.8 Å². The van der Waals surface area contributed by atoms with Crippen molar-refractivity contribution in [2.75, 3.05) is 0 Å². The van der Waals surface area contributed by atoms with Gasteiger partial charge in [0.2, 0.25) is 0 Å². The summed E-state index contributed by atoms with van der Waals surface area (Å²) in [4.78, 5) is 23.1. The van der Waals surface area contributed by atoms with Crippen LogP contribution in [0.25, 0.3) is 0 Å². The Hall–Kier alpha value is -0.920. The molecule has 0 amide bonds. The van der Waals surface area contributed by atoms with Crippen LogP contribution in [0.4, 0.5) is 0 Å². The summed E-state index contributed by atoms with van der Waals surface area (Å²) >= 11 is 0. The van der Waals surface area contributed by atoms with Crippen LogP contribution in [0.15, 0.2) is 11.6 Å². The molecule has 0 aromatic heterocycles. The lowest BCUT2D eigenvalue weighted by Gasteiger charge is -2.29. The monoisotopic (exact) mass is 192 g/mol. The van der Waals surface area contributed by atoms with Crippen LogP contribution >= 0.6 is 0 Å². The van der Waals surface area contributed by atoms with Gasteiger partial charge in [-0.15, -0.1) is 0 Å². The largest absolute Gasteiger partial charge is 0.299 e. The summed E-state index contributed by atoms with van der Waals surface area (Å²) in [6.07, 6.45) is 6.25. The molecule has 2 atom stereocenters. The van der Waals surface area contributed by atoms with Crippen LogP contribution in [0.3, 0.4) is 0 Å². The average Bonchev–Trinajstić information content (AvgIpc) is 2.26. The molecule has 0 aromatic rings. The van der Waals surface area contributed by atoms with Crippen LogP contribution < -0.4 is 0 Å². The maximum absolute atomic E-state index is 11.8. The second-order valence-corrected chi connectivity index (χ2v) is 4.50. The fourth-order valence-corrected chi connectivity index (χ4v) is 2.78. The van der Waals surface area contributed by atoms with Crippen LogP contribution in [-0.2, 0) is 9.59 Å². The molecule has 0 aliphatic heterocycles. The van der Waals surface area contributed by atoms with E-state index in [9.17, 15) is 9.59 Å². The van der Waals surface area contributed by atoms with Crippen molar-refractivity contribution >= 4 is 11.6 Å². The molecule has 2 rings (SSSR count). The van der Waals surface area contributed by atoms with E-state index < -0.39 is 0 Å². The SMILES string of the molecule is CC1=CC(=O)CC(=O)[C@@H]2CCCCC12. The van der Waals surface area contributed by atoms with E-state index in [4.69, 9.17) is 0 Å². The predicted molar refractivity (Wildman–Crippen MR) is 53.8 cm³/mol. The zero-order valence-corrected chi connectivity index (χ0v) is 8.58. The highest BCUT2D eigenvalue weighted by molar-refractivity contribution is 6.06. The number of carbonyl (C=O) groups excluding carboxylic acids is 2. The third-order valence-corrected chi connectivity index (χ3v) is 3.50. The van der Waals surface area contributed by atoms with Crippen LogP contribution in [-0.4, -0.2) is 11.6 Å².